The summed E-state index contributed by atoms with van der Waals surface area (Å²) < 4.78 is 0. The van der Waals surface area contributed by atoms with Crippen molar-refractivity contribution in [3.8, 4) is 0 Å². The molecular formula is C12H16O. The number of hydrogen-bond donors (Lipinski definition) is 1. The number of rotatable bonds is 5. The van der Waals surface area contributed by atoms with Crippen molar-refractivity contribution < 1.29 is 5.11 Å². The third-order valence-corrected chi connectivity index (χ3v) is 2.19. The zero-order chi connectivity index (χ0) is 9.52. The summed E-state index contributed by atoms with van der Waals surface area (Å²) in [7, 11) is 0. The maximum atomic E-state index is 8.72. The Kier molecular flexibility index (Phi) is 4.27. The first kappa shape index (κ1) is 10.0. The van der Waals surface area contributed by atoms with Gasteiger partial charge in [0.1, 0.15) is 0 Å². The number of allylic oxidation sites excluding steroid dienone is 1. The van der Waals surface area contributed by atoms with E-state index in [4.69, 9.17) is 5.11 Å². The number of aliphatic hydroxyl groups excluding tert-OH is 1. The summed E-state index contributed by atoms with van der Waals surface area (Å²) in [6, 6.07) is 10.3. The van der Waals surface area contributed by atoms with Gasteiger partial charge in [0.15, 0.2) is 0 Å². The van der Waals surface area contributed by atoms with Gasteiger partial charge in [-0.25, -0.2) is 0 Å². The van der Waals surface area contributed by atoms with Gasteiger partial charge in [-0.1, -0.05) is 36.4 Å². The van der Waals surface area contributed by atoms with E-state index in [2.05, 4.69) is 18.7 Å². The van der Waals surface area contributed by atoms with Crippen LogP contribution in [0.3, 0.4) is 0 Å². The highest BCUT2D eigenvalue weighted by molar-refractivity contribution is 5.22. The zero-order valence-electron chi connectivity index (χ0n) is 7.82. The summed E-state index contributed by atoms with van der Waals surface area (Å²) in [4.78, 5) is 0. The lowest BCUT2D eigenvalue weighted by atomic mass is 9.95. The molecular weight excluding hydrogens is 160 g/mol. The van der Waals surface area contributed by atoms with Gasteiger partial charge in [0.05, 0.1) is 0 Å². The van der Waals surface area contributed by atoms with Crippen molar-refractivity contribution in [3.63, 3.8) is 0 Å². The molecule has 0 fully saturated rings. The summed E-state index contributed by atoms with van der Waals surface area (Å²) in [5, 5.41) is 8.72. The molecule has 1 heteroatoms. The molecule has 13 heavy (non-hydrogen) atoms. The molecule has 1 unspecified atom stereocenters. The molecule has 0 aliphatic heterocycles. The molecule has 70 valence electrons. The second-order valence-electron chi connectivity index (χ2n) is 3.12. The van der Waals surface area contributed by atoms with E-state index in [1.54, 1.807) is 0 Å². The molecule has 1 N–H and O–H groups in total. The monoisotopic (exact) mass is 176 g/mol. The molecule has 0 heterocycles. The van der Waals surface area contributed by atoms with E-state index < -0.39 is 0 Å². The van der Waals surface area contributed by atoms with Crippen molar-refractivity contribution in [1.29, 1.82) is 0 Å². The van der Waals surface area contributed by atoms with Crippen molar-refractivity contribution in [2.45, 2.75) is 18.8 Å². The minimum atomic E-state index is 0.261. The molecule has 0 saturated heterocycles. The van der Waals surface area contributed by atoms with E-state index in [-0.39, 0.29) is 6.61 Å². The molecule has 0 bridgehead atoms. The van der Waals surface area contributed by atoms with E-state index >= 15 is 0 Å². The summed E-state index contributed by atoms with van der Waals surface area (Å²) in [6.45, 7) is 4.07. The minimum Gasteiger partial charge on any atom is -0.396 e. The van der Waals surface area contributed by atoms with Crippen LogP contribution in [0, 0.1) is 0 Å². The van der Waals surface area contributed by atoms with Crippen LogP contribution >= 0.6 is 0 Å². The zero-order valence-corrected chi connectivity index (χ0v) is 7.82. The Morgan fingerprint density at radius 3 is 2.54 bits per heavy atom. The van der Waals surface area contributed by atoms with Crippen LogP contribution in [0.15, 0.2) is 43.0 Å². The van der Waals surface area contributed by atoms with Crippen LogP contribution in [0.1, 0.15) is 24.3 Å². The van der Waals surface area contributed by atoms with Gasteiger partial charge in [-0.15, -0.1) is 6.58 Å². The highest BCUT2D eigenvalue weighted by Gasteiger charge is 2.05. The standard InChI is InChI=1S/C12H16O/c1-2-11(9-6-10-13)12-7-4-3-5-8-12/h2-5,7-8,11,13H,1,6,9-10H2. The molecule has 0 saturated carbocycles. The van der Waals surface area contributed by atoms with Crippen LogP contribution in [0.25, 0.3) is 0 Å². The summed E-state index contributed by atoms with van der Waals surface area (Å²) >= 11 is 0. The quantitative estimate of drug-likeness (QED) is 0.684. The first-order valence-electron chi connectivity index (χ1n) is 4.67. The van der Waals surface area contributed by atoms with E-state index in [0.29, 0.717) is 5.92 Å². The molecule has 0 radical (unpaired) electrons. The van der Waals surface area contributed by atoms with Gasteiger partial charge in [-0.3, -0.25) is 0 Å². The molecule has 0 aromatic heterocycles. The lowest BCUT2D eigenvalue weighted by Crippen LogP contribution is -1.96. The Bertz CT molecular complexity index is 241. The van der Waals surface area contributed by atoms with Crippen LogP contribution in [0.5, 0.6) is 0 Å². The summed E-state index contributed by atoms with van der Waals surface area (Å²) in [5.74, 6) is 0.383. The lowest BCUT2D eigenvalue weighted by Gasteiger charge is -2.11. The fraction of sp³-hybridized carbons (Fsp3) is 0.333. The van der Waals surface area contributed by atoms with Crippen LogP contribution in [-0.2, 0) is 0 Å². The van der Waals surface area contributed by atoms with Crippen molar-refractivity contribution in [2.75, 3.05) is 6.61 Å². The number of benzene rings is 1. The SMILES string of the molecule is C=CC(CCCO)c1ccccc1. The summed E-state index contributed by atoms with van der Waals surface area (Å²) in [5.41, 5.74) is 1.28. The molecule has 0 aliphatic carbocycles. The molecule has 1 aromatic carbocycles. The van der Waals surface area contributed by atoms with E-state index in [9.17, 15) is 0 Å². The molecule has 1 rings (SSSR count). The fourth-order valence-corrected chi connectivity index (χ4v) is 1.43. The number of aliphatic hydroxyl groups is 1. The van der Waals surface area contributed by atoms with Gasteiger partial charge in [-0.05, 0) is 18.4 Å². The van der Waals surface area contributed by atoms with Crippen LogP contribution in [-0.4, -0.2) is 11.7 Å². The second kappa shape index (κ2) is 5.55. The third kappa shape index (κ3) is 3.03. The average Bonchev–Trinajstić information content (AvgIpc) is 2.21. The van der Waals surface area contributed by atoms with Crippen LogP contribution in [0.4, 0.5) is 0 Å². The van der Waals surface area contributed by atoms with Gasteiger partial charge >= 0.3 is 0 Å². The Morgan fingerprint density at radius 1 is 1.31 bits per heavy atom. The highest BCUT2D eigenvalue weighted by atomic mass is 16.2. The Balaban J connectivity index is 2.61. The van der Waals surface area contributed by atoms with Crippen LogP contribution in [0.2, 0.25) is 0 Å². The van der Waals surface area contributed by atoms with Gasteiger partial charge in [0, 0.05) is 12.5 Å². The maximum absolute atomic E-state index is 8.72. The Labute approximate surface area is 79.7 Å². The van der Waals surface area contributed by atoms with E-state index in [0.717, 1.165) is 12.8 Å². The van der Waals surface area contributed by atoms with Gasteiger partial charge in [0.2, 0.25) is 0 Å². The minimum absolute atomic E-state index is 0.261. The average molecular weight is 176 g/mol. The first-order valence-corrected chi connectivity index (χ1v) is 4.67. The predicted octanol–water partition coefficient (Wildman–Crippen LogP) is 2.73. The third-order valence-electron chi connectivity index (χ3n) is 2.19. The van der Waals surface area contributed by atoms with E-state index in [1.165, 1.54) is 5.56 Å². The maximum Gasteiger partial charge on any atom is 0.0431 e. The molecule has 1 nitrogen and oxygen atoms in total. The Morgan fingerprint density at radius 2 is 2.00 bits per heavy atom. The highest BCUT2D eigenvalue weighted by Crippen LogP contribution is 2.21. The predicted molar refractivity (Wildman–Crippen MR) is 55.7 cm³/mol. The van der Waals surface area contributed by atoms with Crippen molar-refractivity contribution >= 4 is 0 Å². The fourth-order valence-electron chi connectivity index (χ4n) is 1.43. The second-order valence-corrected chi connectivity index (χ2v) is 3.12. The van der Waals surface area contributed by atoms with Gasteiger partial charge < -0.3 is 5.11 Å². The molecule has 0 aliphatic rings. The molecule has 0 spiro atoms. The van der Waals surface area contributed by atoms with Crippen molar-refractivity contribution in [1.82, 2.24) is 0 Å². The van der Waals surface area contributed by atoms with Crippen molar-refractivity contribution in [2.24, 2.45) is 0 Å². The lowest BCUT2D eigenvalue weighted by molar-refractivity contribution is 0.282. The van der Waals surface area contributed by atoms with Crippen LogP contribution < -0.4 is 0 Å². The largest absolute Gasteiger partial charge is 0.396 e. The van der Waals surface area contributed by atoms with E-state index in [1.807, 2.05) is 24.3 Å². The molecule has 1 atom stereocenters. The van der Waals surface area contributed by atoms with Crippen molar-refractivity contribution in [3.05, 3.63) is 48.6 Å². The molecule has 0 amide bonds. The smallest absolute Gasteiger partial charge is 0.0431 e. The van der Waals surface area contributed by atoms with Gasteiger partial charge in [-0.2, -0.15) is 0 Å². The normalized spacial score (nSPS) is 12.4. The Hall–Kier alpha value is -1.08. The first-order chi connectivity index (χ1) is 6.38. The summed E-state index contributed by atoms with van der Waals surface area (Å²) in [6.07, 6.45) is 3.76. The molecule has 1 aromatic rings. The number of hydrogen-bond acceptors (Lipinski definition) is 1. The topological polar surface area (TPSA) is 20.2 Å². The van der Waals surface area contributed by atoms with Gasteiger partial charge in [0.25, 0.3) is 0 Å².